The van der Waals surface area contributed by atoms with Crippen LogP contribution in [0.3, 0.4) is 0 Å². The van der Waals surface area contributed by atoms with Crippen LogP contribution in [0.5, 0.6) is 0 Å². The van der Waals surface area contributed by atoms with Crippen molar-refractivity contribution >= 4 is 35.3 Å². The molecule has 7 nitrogen and oxygen atoms in total. The van der Waals surface area contributed by atoms with Gasteiger partial charge in [-0.25, -0.2) is 10.5 Å². The molecule has 1 aliphatic carbocycles. The van der Waals surface area contributed by atoms with Crippen LogP contribution in [0.2, 0.25) is 5.02 Å². The number of halogens is 1. The predicted octanol–water partition coefficient (Wildman–Crippen LogP) is 3.14. The molecule has 148 valence electrons. The molecule has 0 unspecified atom stereocenters. The van der Waals surface area contributed by atoms with Gasteiger partial charge >= 0.3 is 0 Å². The maximum Gasteiger partial charge on any atom is 0.267 e. The third kappa shape index (κ3) is 6.84. The predicted molar refractivity (Wildman–Crippen MR) is 105 cm³/mol. The van der Waals surface area contributed by atoms with Gasteiger partial charge in [-0.05, 0) is 42.9 Å². The maximum absolute atomic E-state index is 12.5. The van der Waals surface area contributed by atoms with Gasteiger partial charge in [-0.1, -0.05) is 37.8 Å². The van der Waals surface area contributed by atoms with E-state index in [1.54, 1.807) is 6.07 Å². The van der Waals surface area contributed by atoms with E-state index < -0.39 is 11.9 Å². The van der Waals surface area contributed by atoms with Crippen LogP contribution in [-0.4, -0.2) is 34.6 Å². The van der Waals surface area contributed by atoms with Crippen molar-refractivity contribution < 1.29 is 14.8 Å². The number of anilines is 1. The molecule has 0 aromatic carbocycles. The van der Waals surface area contributed by atoms with E-state index in [0.717, 1.165) is 12.6 Å². The highest BCUT2D eigenvalue weighted by Gasteiger charge is 2.20. The summed E-state index contributed by atoms with van der Waals surface area (Å²) in [6.45, 7) is 2.64. The Bertz CT molecular complexity index is 675. The fraction of sp³-hybridized carbons (Fsp3) is 0.526. The number of amides is 2. The number of hydrogen-bond acceptors (Lipinski definition) is 5. The van der Waals surface area contributed by atoms with Gasteiger partial charge in [0.05, 0.1) is 5.02 Å². The third-order valence-corrected chi connectivity index (χ3v) is 5.01. The molecule has 1 fully saturated rings. The molecule has 0 radical (unpaired) electrons. The topological polar surface area (TPSA) is 103 Å². The zero-order valence-electron chi connectivity index (χ0n) is 15.5. The first kappa shape index (κ1) is 21.2. The Labute approximate surface area is 164 Å². The molecule has 2 amide bonds. The molecule has 27 heavy (non-hydrogen) atoms. The smallest absolute Gasteiger partial charge is 0.267 e. The second-order valence-corrected chi connectivity index (χ2v) is 7.17. The minimum Gasteiger partial charge on any atom is -0.357 e. The second-order valence-electron chi connectivity index (χ2n) is 6.76. The average Bonchev–Trinajstić information content (AvgIpc) is 2.70. The Morgan fingerprint density at radius 2 is 2.11 bits per heavy atom. The number of nitrogens with one attached hydrogen (secondary N) is 3. The van der Waals surface area contributed by atoms with Gasteiger partial charge in [-0.15, -0.1) is 0 Å². The molecule has 0 bridgehead atoms. The van der Waals surface area contributed by atoms with E-state index in [1.807, 2.05) is 6.92 Å². The highest BCUT2D eigenvalue weighted by Crippen LogP contribution is 2.24. The molecule has 1 atom stereocenters. The van der Waals surface area contributed by atoms with Gasteiger partial charge in [0.25, 0.3) is 5.91 Å². The monoisotopic (exact) mass is 394 g/mol. The molecule has 4 N–H and O–H groups in total. The second kappa shape index (κ2) is 10.9. The van der Waals surface area contributed by atoms with Crippen LogP contribution >= 0.6 is 11.6 Å². The molecule has 8 heteroatoms. The Kier molecular flexibility index (Phi) is 8.54. The number of nitrogens with zero attached hydrogens (tertiary/aromatic N) is 1. The summed E-state index contributed by atoms with van der Waals surface area (Å²) in [5.41, 5.74) is 2.11. The lowest BCUT2D eigenvalue weighted by Gasteiger charge is -2.24. The van der Waals surface area contributed by atoms with E-state index in [2.05, 4.69) is 15.6 Å². The first-order valence-electron chi connectivity index (χ1n) is 9.35. The fourth-order valence-corrected chi connectivity index (χ4v) is 3.37. The van der Waals surface area contributed by atoms with E-state index in [4.69, 9.17) is 16.8 Å². The van der Waals surface area contributed by atoms with Gasteiger partial charge in [-0.2, -0.15) is 0 Å². The van der Waals surface area contributed by atoms with Gasteiger partial charge in [0.2, 0.25) is 5.91 Å². The van der Waals surface area contributed by atoms with Crippen LogP contribution in [0.4, 0.5) is 5.82 Å². The molecule has 1 aliphatic rings. The van der Waals surface area contributed by atoms with Crippen molar-refractivity contribution in [2.24, 2.45) is 5.92 Å². The number of carbonyl (C=O) groups is 2. The average molecular weight is 395 g/mol. The van der Waals surface area contributed by atoms with Crippen molar-refractivity contribution in [1.29, 1.82) is 0 Å². The standard InChI is InChI=1S/C19H27ClN4O3/c1-2-16(19(26)22-11-13-6-4-3-5-7-13)23-18-15(20)10-14(12-21-18)8-9-17(25)24-27/h8-10,12-13,16,27H,2-7,11H2,1H3,(H,21,23)(H,22,26)(H,24,25)/t16-/m1/s1. The van der Waals surface area contributed by atoms with Crippen LogP contribution in [0.25, 0.3) is 6.08 Å². The van der Waals surface area contributed by atoms with Crippen LogP contribution in [0.15, 0.2) is 18.3 Å². The summed E-state index contributed by atoms with van der Waals surface area (Å²) in [6, 6.07) is 1.21. The lowest BCUT2D eigenvalue weighted by Crippen LogP contribution is -2.41. The quantitative estimate of drug-likeness (QED) is 0.308. The lowest BCUT2D eigenvalue weighted by molar-refractivity contribution is -0.124. The van der Waals surface area contributed by atoms with Crippen LogP contribution < -0.4 is 16.1 Å². The summed E-state index contributed by atoms with van der Waals surface area (Å²) >= 11 is 6.24. The number of rotatable bonds is 8. The molecule has 0 aliphatic heterocycles. The molecule has 0 saturated heterocycles. The summed E-state index contributed by atoms with van der Waals surface area (Å²) in [4.78, 5) is 27.7. The summed E-state index contributed by atoms with van der Waals surface area (Å²) < 4.78 is 0. The summed E-state index contributed by atoms with van der Waals surface area (Å²) in [5.74, 6) is 0.294. The molecule has 1 aromatic rings. The van der Waals surface area contributed by atoms with E-state index >= 15 is 0 Å². The Morgan fingerprint density at radius 3 is 2.74 bits per heavy atom. The van der Waals surface area contributed by atoms with Crippen molar-refractivity contribution in [2.45, 2.75) is 51.5 Å². The Hall–Kier alpha value is -2.12. The minimum absolute atomic E-state index is 0.0514. The SMILES string of the molecule is CC[C@@H](Nc1ncc(C=CC(=O)NO)cc1Cl)C(=O)NCC1CCCCC1. The molecule has 1 saturated carbocycles. The summed E-state index contributed by atoms with van der Waals surface area (Å²) in [5, 5.41) is 15.0. The van der Waals surface area contributed by atoms with Gasteiger partial charge in [0.1, 0.15) is 11.9 Å². The molecular weight excluding hydrogens is 368 g/mol. The molecule has 0 spiro atoms. The van der Waals surface area contributed by atoms with E-state index in [1.165, 1.54) is 49.9 Å². The highest BCUT2D eigenvalue weighted by molar-refractivity contribution is 6.33. The van der Waals surface area contributed by atoms with Crippen molar-refractivity contribution in [3.63, 3.8) is 0 Å². The largest absolute Gasteiger partial charge is 0.357 e. The van der Waals surface area contributed by atoms with Crippen LogP contribution in [-0.2, 0) is 9.59 Å². The van der Waals surface area contributed by atoms with Gasteiger partial charge < -0.3 is 10.6 Å². The molecule has 1 heterocycles. The first-order chi connectivity index (χ1) is 13.0. The first-order valence-corrected chi connectivity index (χ1v) is 9.73. The van der Waals surface area contributed by atoms with E-state index in [9.17, 15) is 9.59 Å². The number of aromatic nitrogens is 1. The molecule has 1 aromatic heterocycles. The van der Waals surface area contributed by atoms with Crippen molar-refractivity contribution in [3.05, 3.63) is 28.9 Å². The van der Waals surface area contributed by atoms with Crippen molar-refractivity contribution in [1.82, 2.24) is 15.8 Å². The zero-order chi connectivity index (χ0) is 19.6. The van der Waals surface area contributed by atoms with Crippen molar-refractivity contribution in [3.8, 4) is 0 Å². The normalized spacial score (nSPS) is 16.1. The maximum atomic E-state index is 12.5. The molecule has 2 rings (SSSR count). The fourth-order valence-electron chi connectivity index (χ4n) is 3.14. The number of pyridine rings is 1. The van der Waals surface area contributed by atoms with Crippen LogP contribution in [0, 0.1) is 5.92 Å². The summed E-state index contributed by atoms with van der Waals surface area (Å²) in [7, 11) is 0. The minimum atomic E-state index is -0.644. The number of carbonyl (C=O) groups excluding carboxylic acids is 2. The van der Waals surface area contributed by atoms with Gasteiger partial charge in [-0.3, -0.25) is 14.8 Å². The third-order valence-electron chi connectivity index (χ3n) is 4.73. The Balaban J connectivity index is 1.93. The van der Waals surface area contributed by atoms with Gasteiger partial charge in [0, 0.05) is 18.8 Å². The van der Waals surface area contributed by atoms with Crippen molar-refractivity contribution in [2.75, 3.05) is 11.9 Å². The summed E-state index contributed by atoms with van der Waals surface area (Å²) in [6.07, 6.45) is 10.9. The van der Waals surface area contributed by atoms with E-state index in [0.29, 0.717) is 28.7 Å². The Morgan fingerprint density at radius 1 is 1.37 bits per heavy atom. The van der Waals surface area contributed by atoms with E-state index in [-0.39, 0.29) is 5.91 Å². The lowest BCUT2D eigenvalue weighted by atomic mass is 9.89. The van der Waals surface area contributed by atoms with Gasteiger partial charge in [0.15, 0.2) is 0 Å². The number of hydrogen-bond donors (Lipinski definition) is 4. The van der Waals surface area contributed by atoms with Crippen LogP contribution in [0.1, 0.15) is 51.0 Å². The highest BCUT2D eigenvalue weighted by atomic mass is 35.5. The zero-order valence-corrected chi connectivity index (χ0v) is 16.3. The number of hydroxylamine groups is 1. The molecular formula is C19H27ClN4O3.